The number of hydrogen-bond donors (Lipinski definition) is 0. The number of benzene rings is 1. The zero-order chi connectivity index (χ0) is 12.0. The lowest BCUT2D eigenvalue weighted by Crippen LogP contribution is -2.25. The van der Waals surface area contributed by atoms with Crippen molar-refractivity contribution in [2.75, 3.05) is 0 Å². The first-order chi connectivity index (χ1) is 7.54. The van der Waals surface area contributed by atoms with Crippen molar-refractivity contribution in [3.05, 3.63) is 52.4 Å². The third-order valence-corrected chi connectivity index (χ3v) is 2.62. The van der Waals surface area contributed by atoms with Crippen molar-refractivity contribution in [1.29, 1.82) is 0 Å². The Balaban J connectivity index is 2.85. The molecule has 0 spiro atoms. The number of rotatable bonds is 4. The molecule has 1 aromatic rings. The lowest BCUT2D eigenvalue weighted by atomic mass is 10.0. The van der Waals surface area contributed by atoms with Gasteiger partial charge in [0, 0.05) is 9.24 Å². The molecule has 0 fully saturated rings. The van der Waals surface area contributed by atoms with Gasteiger partial charge in [0.15, 0.2) is 0 Å². The van der Waals surface area contributed by atoms with Crippen LogP contribution in [0.15, 0.2) is 41.5 Å². The standard InChI is InChI=1S/C12H14BrN3/c1-12(2,13)11(15-16-14)9-8-10-6-4-3-5-7-10/h3-9,11H,1-2H3. The van der Waals surface area contributed by atoms with Gasteiger partial charge in [0.2, 0.25) is 0 Å². The summed E-state index contributed by atoms with van der Waals surface area (Å²) in [5.74, 6) is 0. The van der Waals surface area contributed by atoms with E-state index in [1.54, 1.807) is 0 Å². The number of hydrogen-bond acceptors (Lipinski definition) is 1. The highest BCUT2D eigenvalue weighted by molar-refractivity contribution is 9.10. The van der Waals surface area contributed by atoms with Gasteiger partial charge < -0.3 is 0 Å². The van der Waals surface area contributed by atoms with E-state index < -0.39 is 0 Å². The van der Waals surface area contributed by atoms with E-state index in [-0.39, 0.29) is 10.4 Å². The van der Waals surface area contributed by atoms with Crippen LogP contribution in [-0.2, 0) is 0 Å². The van der Waals surface area contributed by atoms with E-state index >= 15 is 0 Å². The summed E-state index contributed by atoms with van der Waals surface area (Å²) in [5.41, 5.74) is 9.60. The van der Waals surface area contributed by atoms with Crippen LogP contribution >= 0.6 is 15.9 Å². The Hall–Kier alpha value is -1.25. The van der Waals surface area contributed by atoms with Gasteiger partial charge in [-0.15, -0.1) is 0 Å². The van der Waals surface area contributed by atoms with Gasteiger partial charge in [-0.05, 0) is 24.9 Å². The summed E-state index contributed by atoms with van der Waals surface area (Å²) >= 11 is 3.50. The van der Waals surface area contributed by atoms with Gasteiger partial charge in [0.25, 0.3) is 0 Å². The quantitative estimate of drug-likeness (QED) is 0.336. The number of azide groups is 1. The molecule has 0 bridgehead atoms. The summed E-state index contributed by atoms with van der Waals surface area (Å²) < 4.78 is -0.246. The number of halogens is 1. The molecule has 0 aliphatic rings. The summed E-state index contributed by atoms with van der Waals surface area (Å²) in [7, 11) is 0. The van der Waals surface area contributed by atoms with Gasteiger partial charge >= 0.3 is 0 Å². The molecule has 3 nitrogen and oxygen atoms in total. The summed E-state index contributed by atoms with van der Waals surface area (Å²) in [6.45, 7) is 3.95. The fraction of sp³-hybridized carbons (Fsp3) is 0.333. The molecular formula is C12H14BrN3. The summed E-state index contributed by atoms with van der Waals surface area (Å²) in [5, 5.41) is 3.76. The Morgan fingerprint density at radius 3 is 2.50 bits per heavy atom. The molecule has 1 aromatic carbocycles. The zero-order valence-electron chi connectivity index (χ0n) is 9.34. The second-order valence-corrected chi connectivity index (χ2v) is 6.03. The van der Waals surface area contributed by atoms with Crippen LogP contribution in [0.25, 0.3) is 16.5 Å². The van der Waals surface area contributed by atoms with Gasteiger partial charge in [-0.2, -0.15) is 0 Å². The molecule has 0 aliphatic heterocycles. The van der Waals surface area contributed by atoms with E-state index in [1.807, 2.05) is 56.3 Å². The average Bonchev–Trinajstić information content (AvgIpc) is 2.24. The molecule has 0 radical (unpaired) electrons. The molecule has 4 heteroatoms. The molecule has 0 aliphatic carbocycles. The average molecular weight is 280 g/mol. The summed E-state index contributed by atoms with van der Waals surface area (Å²) in [4.78, 5) is 2.86. The normalized spacial score (nSPS) is 13.4. The molecule has 0 aromatic heterocycles. The highest BCUT2D eigenvalue weighted by Gasteiger charge is 2.22. The lowest BCUT2D eigenvalue weighted by molar-refractivity contribution is 0.635. The topological polar surface area (TPSA) is 48.8 Å². The maximum atomic E-state index is 8.50. The van der Waals surface area contributed by atoms with E-state index in [4.69, 9.17) is 5.53 Å². The largest absolute Gasteiger partial charge is 0.0852 e. The van der Waals surface area contributed by atoms with E-state index in [0.29, 0.717) is 0 Å². The van der Waals surface area contributed by atoms with Crippen molar-refractivity contribution in [2.24, 2.45) is 5.11 Å². The van der Waals surface area contributed by atoms with Gasteiger partial charge in [-0.1, -0.05) is 63.5 Å². The van der Waals surface area contributed by atoms with Crippen molar-refractivity contribution >= 4 is 22.0 Å². The van der Waals surface area contributed by atoms with Crippen molar-refractivity contribution in [1.82, 2.24) is 0 Å². The minimum atomic E-state index is -0.246. The monoisotopic (exact) mass is 279 g/mol. The predicted molar refractivity (Wildman–Crippen MR) is 71.4 cm³/mol. The van der Waals surface area contributed by atoms with Gasteiger partial charge in [0.05, 0.1) is 6.04 Å². The highest BCUT2D eigenvalue weighted by atomic mass is 79.9. The second kappa shape index (κ2) is 5.73. The van der Waals surface area contributed by atoms with Crippen molar-refractivity contribution < 1.29 is 0 Å². The van der Waals surface area contributed by atoms with Crippen LogP contribution in [0, 0.1) is 0 Å². The van der Waals surface area contributed by atoms with Crippen LogP contribution < -0.4 is 0 Å². The Kier molecular flexibility index (Phi) is 4.59. The third kappa shape index (κ3) is 4.09. The minimum Gasteiger partial charge on any atom is -0.0852 e. The van der Waals surface area contributed by atoms with E-state index in [9.17, 15) is 0 Å². The Morgan fingerprint density at radius 1 is 1.38 bits per heavy atom. The van der Waals surface area contributed by atoms with Crippen LogP contribution in [0.1, 0.15) is 19.4 Å². The first kappa shape index (κ1) is 12.8. The molecule has 0 N–H and O–H groups in total. The zero-order valence-corrected chi connectivity index (χ0v) is 10.9. The van der Waals surface area contributed by atoms with Crippen LogP contribution in [0.2, 0.25) is 0 Å². The molecule has 1 unspecified atom stereocenters. The minimum absolute atomic E-state index is 0.210. The van der Waals surface area contributed by atoms with E-state index in [1.165, 1.54) is 0 Å². The van der Waals surface area contributed by atoms with Crippen LogP contribution in [0.5, 0.6) is 0 Å². The third-order valence-electron chi connectivity index (χ3n) is 2.15. The van der Waals surface area contributed by atoms with Gasteiger partial charge in [-0.25, -0.2) is 0 Å². The molecule has 0 saturated carbocycles. The fourth-order valence-corrected chi connectivity index (χ4v) is 1.47. The summed E-state index contributed by atoms with van der Waals surface area (Å²) in [6, 6.07) is 9.72. The van der Waals surface area contributed by atoms with Crippen LogP contribution in [0.4, 0.5) is 0 Å². The van der Waals surface area contributed by atoms with E-state index in [2.05, 4.69) is 26.0 Å². The molecule has 0 heterocycles. The molecule has 84 valence electrons. The Bertz CT molecular complexity index is 400. The molecule has 1 rings (SSSR count). The Labute approximate surface area is 104 Å². The van der Waals surface area contributed by atoms with Crippen LogP contribution in [-0.4, -0.2) is 10.4 Å². The second-order valence-electron chi connectivity index (χ2n) is 3.98. The van der Waals surface area contributed by atoms with Crippen LogP contribution in [0.3, 0.4) is 0 Å². The first-order valence-electron chi connectivity index (χ1n) is 5.00. The fourth-order valence-electron chi connectivity index (χ4n) is 1.23. The van der Waals surface area contributed by atoms with Gasteiger partial charge in [-0.3, -0.25) is 0 Å². The Morgan fingerprint density at radius 2 is 2.00 bits per heavy atom. The number of alkyl halides is 1. The smallest absolute Gasteiger partial charge is 0.0706 e. The highest BCUT2D eigenvalue weighted by Crippen LogP contribution is 2.25. The lowest BCUT2D eigenvalue weighted by Gasteiger charge is -2.21. The molecule has 1 atom stereocenters. The SMILES string of the molecule is CC(C)(Br)C(C=Cc1ccccc1)N=[N+]=[N-]. The molecule has 0 saturated heterocycles. The molecular weight excluding hydrogens is 266 g/mol. The first-order valence-corrected chi connectivity index (χ1v) is 5.79. The van der Waals surface area contributed by atoms with Crippen molar-refractivity contribution in [3.8, 4) is 0 Å². The van der Waals surface area contributed by atoms with E-state index in [0.717, 1.165) is 5.56 Å². The van der Waals surface area contributed by atoms with Crippen molar-refractivity contribution in [2.45, 2.75) is 24.2 Å². The van der Waals surface area contributed by atoms with Crippen molar-refractivity contribution in [3.63, 3.8) is 0 Å². The summed E-state index contributed by atoms with van der Waals surface area (Å²) in [6.07, 6.45) is 3.87. The predicted octanol–water partition coefficient (Wildman–Crippen LogP) is 4.55. The molecule has 16 heavy (non-hydrogen) atoms. The van der Waals surface area contributed by atoms with Gasteiger partial charge in [0.1, 0.15) is 0 Å². The maximum absolute atomic E-state index is 8.50. The number of nitrogens with zero attached hydrogens (tertiary/aromatic N) is 3. The molecule has 0 amide bonds. The maximum Gasteiger partial charge on any atom is 0.0706 e.